The fourth-order valence-electron chi connectivity index (χ4n) is 2.76. The first kappa shape index (κ1) is 13.5. The summed E-state index contributed by atoms with van der Waals surface area (Å²) in [5.74, 6) is 0. The van der Waals surface area contributed by atoms with Crippen molar-refractivity contribution < 1.29 is 4.39 Å². The van der Waals surface area contributed by atoms with Crippen molar-refractivity contribution in [1.29, 1.82) is 0 Å². The molecule has 1 aliphatic heterocycles. The van der Waals surface area contributed by atoms with E-state index in [-0.39, 0.29) is 0 Å². The normalized spacial score (nSPS) is 20.5. The maximum atomic E-state index is 13.0. The highest BCUT2D eigenvalue weighted by molar-refractivity contribution is 5.31. The van der Waals surface area contributed by atoms with Gasteiger partial charge in [-0.05, 0) is 55.8 Å². The van der Waals surface area contributed by atoms with E-state index in [9.17, 15) is 4.39 Å². The van der Waals surface area contributed by atoms with Crippen molar-refractivity contribution >= 4 is 0 Å². The van der Waals surface area contributed by atoms with Crippen LogP contribution in [-0.2, 0) is 12.8 Å². The Kier molecular flexibility index (Phi) is 4.76. The Labute approximate surface area is 110 Å². The summed E-state index contributed by atoms with van der Waals surface area (Å²) in [6.45, 7) is 7.01. The monoisotopic (exact) mass is 249 g/mol. The Balaban J connectivity index is 1.79. The van der Waals surface area contributed by atoms with Crippen LogP contribution >= 0.6 is 0 Å². The molecule has 1 fully saturated rings. The van der Waals surface area contributed by atoms with Crippen molar-refractivity contribution in [3.05, 3.63) is 34.9 Å². The molecule has 100 valence electrons. The topological polar surface area (TPSA) is 3.24 Å². The van der Waals surface area contributed by atoms with E-state index in [1.54, 1.807) is 0 Å². The SMILES string of the molecule is CCc1cc(CCCN2CCC(F)C2)ccc1C. The molecule has 0 aromatic heterocycles. The van der Waals surface area contributed by atoms with Crippen LogP contribution in [0.2, 0.25) is 0 Å². The average Bonchev–Trinajstić information content (AvgIpc) is 2.77. The van der Waals surface area contributed by atoms with Crippen molar-refractivity contribution in [3.8, 4) is 0 Å². The molecule has 2 heteroatoms. The minimum absolute atomic E-state index is 0.587. The third-order valence-electron chi connectivity index (χ3n) is 3.95. The third kappa shape index (κ3) is 3.55. The fourth-order valence-corrected chi connectivity index (χ4v) is 2.76. The summed E-state index contributed by atoms with van der Waals surface area (Å²) in [5, 5.41) is 0. The summed E-state index contributed by atoms with van der Waals surface area (Å²) in [7, 11) is 0. The molecule has 1 saturated heterocycles. The van der Waals surface area contributed by atoms with Crippen LogP contribution in [-0.4, -0.2) is 30.7 Å². The van der Waals surface area contributed by atoms with Gasteiger partial charge in [-0.25, -0.2) is 4.39 Å². The number of aryl methyl sites for hydroxylation is 3. The summed E-state index contributed by atoms with van der Waals surface area (Å²) in [5.41, 5.74) is 4.27. The Bertz CT molecular complexity index is 389. The van der Waals surface area contributed by atoms with Gasteiger partial charge in [0.25, 0.3) is 0 Å². The predicted octanol–water partition coefficient (Wildman–Crippen LogP) is 3.53. The molecular weight excluding hydrogens is 225 g/mol. The summed E-state index contributed by atoms with van der Waals surface area (Å²) in [6, 6.07) is 6.79. The number of hydrogen-bond acceptors (Lipinski definition) is 1. The van der Waals surface area contributed by atoms with E-state index < -0.39 is 6.17 Å². The lowest BCUT2D eigenvalue weighted by Gasteiger charge is -2.14. The molecule has 18 heavy (non-hydrogen) atoms. The molecule has 0 spiro atoms. The highest BCUT2D eigenvalue weighted by Gasteiger charge is 2.20. The zero-order valence-corrected chi connectivity index (χ0v) is 11.6. The molecular formula is C16H24FN. The van der Waals surface area contributed by atoms with Crippen LogP contribution in [0.1, 0.15) is 36.5 Å². The predicted molar refractivity (Wildman–Crippen MR) is 74.8 cm³/mol. The molecule has 0 radical (unpaired) electrons. The van der Waals surface area contributed by atoms with E-state index in [2.05, 4.69) is 36.9 Å². The van der Waals surface area contributed by atoms with Gasteiger partial charge in [0.1, 0.15) is 6.17 Å². The van der Waals surface area contributed by atoms with Crippen LogP contribution < -0.4 is 0 Å². The van der Waals surface area contributed by atoms with E-state index >= 15 is 0 Å². The van der Waals surface area contributed by atoms with Crippen LogP contribution in [0.4, 0.5) is 4.39 Å². The second-order valence-corrected chi connectivity index (χ2v) is 5.40. The van der Waals surface area contributed by atoms with Gasteiger partial charge in [-0.1, -0.05) is 25.1 Å². The van der Waals surface area contributed by atoms with Crippen LogP contribution in [0, 0.1) is 6.92 Å². The lowest BCUT2D eigenvalue weighted by molar-refractivity contribution is 0.285. The van der Waals surface area contributed by atoms with Gasteiger partial charge in [-0.3, -0.25) is 0 Å². The maximum absolute atomic E-state index is 13.0. The molecule has 1 aliphatic rings. The smallest absolute Gasteiger partial charge is 0.114 e. The summed E-state index contributed by atoms with van der Waals surface area (Å²) >= 11 is 0. The number of halogens is 1. The molecule has 0 saturated carbocycles. The molecule has 1 heterocycles. The second kappa shape index (κ2) is 6.33. The van der Waals surface area contributed by atoms with Crippen molar-refractivity contribution in [3.63, 3.8) is 0 Å². The summed E-state index contributed by atoms with van der Waals surface area (Å²) < 4.78 is 13.0. The quantitative estimate of drug-likeness (QED) is 0.771. The first-order valence-corrected chi connectivity index (χ1v) is 7.14. The largest absolute Gasteiger partial charge is 0.300 e. The molecule has 0 amide bonds. The molecule has 0 N–H and O–H groups in total. The molecule has 0 aliphatic carbocycles. The fraction of sp³-hybridized carbons (Fsp3) is 0.625. The molecule has 1 aromatic rings. The Morgan fingerprint density at radius 2 is 2.22 bits per heavy atom. The van der Waals surface area contributed by atoms with Crippen molar-refractivity contribution in [2.45, 2.75) is 45.7 Å². The van der Waals surface area contributed by atoms with Gasteiger partial charge in [0.05, 0.1) is 0 Å². The number of benzene rings is 1. The number of rotatable bonds is 5. The lowest BCUT2D eigenvalue weighted by atomic mass is 10.0. The second-order valence-electron chi connectivity index (χ2n) is 5.40. The summed E-state index contributed by atoms with van der Waals surface area (Å²) in [6.07, 6.45) is 3.50. The molecule has 2 rings (SSSR count). The molecule has 1 unspecified atom stereocenters. The third-order valence-corrected chi connectivity index (χ3v) is 3.95. The van der Waals surface area contributed by atoms with Crippen LogP contribution in [0.15, 0.2) is 18.2 Å². The first-order valence-electron chi connectivity index (χ1n) is 7.14. The Morgan fingerprint density at radius 1 is 1.39 bits per heavy atom. The van der Waals surface area contributed by atoms with Crippen molar-refractivity contribution in [1.82, 2.24) is 4.90 Å². The highest BCUT2D eigenvalue weighted by Crippen LogP contribution is 2.15. The standard InChI is InChI=1S/C16H24FN/c1-3-15-11-14(7-6-13(15)2)5-4-9-18-10-8-16(17)12-18/h6-7,11,16H,3-5,8-10,12H2,1-2H3. The molecule has 0 bridgehead atoms. The van der Waals surface area contributed by atoms with Crippen LogP contribution in [0.3, 0.4) is 0 Å². The molecule has 1 atom stereocenters. The van der Waals surface area contributed by atoms with Gasteiger partial charge in [-0.15, -0.1) is 0 Å². The minimum Gasteiger partial charge on any atom is -0.300 e. The zero-order chi connectivity index (χ0) is 13.0. The van der Waals surface area contributed by atoms with E-state index in [0.717, 1.165) is 38.8 Å². The van der Waals surface area contributed by atoms with E-state index in [4.69, 9.17) is 0 Å². The number of hydrogen-bond donors (Lipinski definition) is 0. The first-order chi connectivity index (χ1) is 8.69. The van der Waals surface area contributed by atoms with E-state index in [1.807, 2.05) is 0 Å². The lowest BCUT2D eigenvalue weighted by Crippen LogP contribution is -2.22. The van der Waals surface area contributed by atoms with Gasteiger partial charge in [-0.2, -0.15) is 0 Å². The number of likely N-dealkylation sites (tertiary alicyclic amines) is 1. The minimum atomic E-state index is -0.587. The van der Waals surface area contributed by atoms with Crippen molar-refractivity contribution in [2.24, 2.45) is 0 Å². The maximum Gasteiger partial charge on any atom is 0.114 e. The van der Waals surface area contributed by atoms with Crippen LogP contribution in [0.5, 0.6) is 0 Å². The van der Waals surface area contributed by atoms with Gasteiger partial charge in [0, 0.05) is 13.1 Å². The number of alkyl halides is 1. The Hall–Kier alpha value is -0.890. The summed E-state index contributed by atoms with van der Waals surface area (Å²) in [4.78, 5) is 2.25. The highest BCUT2D eigenvalue weighted by atomic mass is 19.1. The van der Waals surface area contributed by atoms with E-state index in [0.29, 0.717) is 6.54 Å². The van der Waals surface area contributed by atoms with Gasteiger partial charge in [0.2, 0.25) is 0 Å². The van der Waals surface area contributed by atoms with Crippen LogP contribution in [0.25, 0.3) is 0 Å². The zero-order valence-electron chi connectivity index (χ0n) is 11.6. The van der Waals surface area contributed by atoms with Gasteiger partial charge in [0.15, 0.2) is 0 Å². The van der Waals surface area contributed by atoms with Crippen molar-refractivity contribution in [2.75, 3.05) is 19.6 Å². The van der Waals surface area contributed by atoms with E-state index in [1.165, 1.54) is 16.7 Å². The molecule has 1 nitrogen and oxygen atoms in total. The molecule has 1 aromatic carbocycles. The Morgan fingerprint density at radius 3 is 2.89 bits per heavy atom. The average molecular weight is 249 g/mol. The van der Waals surface area contributed by atoms with Gasteiger partial charge >= 0.3 is 0 Å². The van der Waals surface area contributed by atoms with Gasteiger partial charge < -0.3 is 4.90 Å². The number of nitrogens with zero attached hydrogens (tertiary/aromatic N) is 1.